The van der Waals surface area contributed by atoms with Crippen molar-refractivity contribution < 1.29 is 14.6 Å². The second-order valence-corrected chi connectivity index (χ2v) is 6.97. The number of phenols is 1. The first-order chi connectivity index (χ1) is 9.99. The Kier molecular flexibility index (Phi) is 2.71. The number of rotatable bonds is 1. The molecule has 4 heteroatoms. The van der Waals surface area contributed by atoms with Crippen LogP contribution in [0.5, 0.6) is 17.2 Å². The van der Waals surface area contributed by atoms with Crippen molar-refractivity contribution in [3.05, 3.63) is 16.7 Å². The van der Waals surface area contributed by atoms with Crippen molar-refractivity contribution in [3.63, 3.8) is 0 Å². The van der Waals surface area contributed by atoms with Gasteiger partial charge >= 0.3 is 0 Å². The van der Waals surface area contributed by atoms with Crippen molar-refractivity contribution in [2.45, 2.75) is 70.1 Å². The molecule has 0 aromatic heterocycles. The number of aromatic hydroxyl groups is 1. The molecule has 3 N–H and O–H groups in total. The molecule has 0 amide bonds. The highest BCUT2D eigenvalue weighted by molar-refractivity contribution is 5.67. The summed E-state index contributed by atoms with van der Waals surface area (Å²) >= 11 is 0. The first-order valence-corrected chi connectivity index (χ1v) is 8.03. The summed E-state index contributed by atoms with van der Waals surface area (Å²) in [6, 6.07) is 0. The van der Waals surface area contributed by atoms with Crippen LogP contribution < -0.4 is 15.2 Å². The highest BCUT2D eigenvalue weighted by Gasteiger charge is 2.44. The van der Waals surface area contributed by atoms with Gasteiger partial charge in [-0.25, -0.2) is 0 Å². The number of hydrogen-bond acceptors (Lipinski definition) is 4. The molecular formula is C17H23NO3. The molecule has 0 bridgehead atoms. The van der Waals surface area contributed by atoms with Gasteiger partial charge in [-0.3, -0.25) is 0 Å². The second kappa shape index (κ2) is 4.29. The van der Waals surface area contributed by atoms with E-state index in [-0.39, 0.29) is 23.5 Å². The van der Waals surface area contributed by atoms with Crippen molar-refractivity contribution >= 4 is 0 Å². The largest absolute Gasteiger partial charge is 0.504 e. The summed E-state index contributed by atoms with van der Waals surface area (Å²) in [5.41, 5.74) is 9.52. The topological polar surface area (TPSA) is 64.7 Å². The average Bonchev–Trinajstić information content (AvgIpc) is 3.09. The van der Waals surface area contributed by atoms with Gasteiger partial charge in [0, 0.05) is 35.1 Å². The molecule has 0 saturated heterocycles. The van der Waals surface area contributed by atoms with Crippen LogP contribution in [0.2, 0.25) is 0 Å². The van der Waals surface area contributed by atoms with Gasteiger partial charge < -0.3 is 20.3 Å². The number of benzene rings is 1. The Morgan fingerprint density at radius 3 is 2.24 bits per heavy atom. The molecule has 2 unspecified atom stereocenters. The van der Waals surface area contributed by atoms with E-state index < -0.39 is 0 Å². The van der Waals surface area contributed by atoms with Gasteiger partial charge in [-0.1, -0.05) is 12.8 Å². The number of hydrogen-bond donors (Lipinski definition) is 2. The fourth-order valence-electron chi connectivity index (χ4n) is 4.27. The lowest BCUT2D eigenvalue weighted by molar-refractivity contribution is 0.244. The fraction of sp³-hybridized carbons (Fsp3) is 0.647. The van der Waals surface area contributed by atoms with Crippen LogP contribution in [0.4, 0.5) is 0 Å². The molecule has 1 aliphatic carbocycles. The minimum Gasteiger partial charge on any atom is -0.504 e. The third-order valence-corrected chi connectivity index (χ3v) is 5.19. The van der Waals surface area contributed by atoms with E-state index in [2.05, 4.69) is 0 Å². The van der Waals surface area contributed by atoms with E-state index >= 15 is 0 Å². The van der Waals surface area contributed by atoms with E-state index in [0.29, 0.717) is 5.75 Å². The van der Waals surface area contributed by atoms with Gasteiger partial charge in [-0.05, 0) is 26.7 Å². The van der Waals surface area contributed by atoms with E-state index in [4.69, 9.17) is 15.2 Å². The molecule has 0 spiro atoms. The molecule has 114 valence electrons. The zero-order valence-corrected chi connectivity index (χ0v) is 12.7. The summed E-state index contributed by atoms with van der Waals surface area (Å²) in [5, 5.41) is 10.6. The second-order valence-electron chi connectivity index (χ2n) is 6.97. The quantitative estimate of drug-likeness (QED) is 0.834. The first kappa shape index (κ1) is 13.3. The molecule has 1 saturated carbocycles. The van der Waals surface area contributed by atoms with E-state index in [0.717, 1.165) is 61.0 Å². The van der Waals surface area contributed by atoms with Crippen LogP contribution in [-0.2, 0) is 18.4 Å². The number of ether oxygens (including phenoxy) is 2. The Morgan fingerprint density at radius 2 is 1.57 bits per heavy atom. The van der Waals surface area contributed by atoms with Crippen LogP contribution in [0.25, 0.3) is 0 Å². The fourth-order valence-corrected chi connectivity index (χ4v) is 4.27. The highest BCUT2D eigenvalue weighted by atomic mass is 16.5. The predicted octanol–water partition coefficient (Wildman–Crippen LogP) is 2.77. The van der Waals surface area contributed by atoms with Gasteiger partial charge in [0.1, 0.15) is 18.0 Å². The minimum atomic E-state index is -0.320. The number of nitrogens with two attached hydrogens (primary N) is 1. The van der Waals surface area contributed by atoms with Crippen molar-refractivity contribution in [1.82, 2.24) is 0 Å². The summed E-state index contributed by atoms with van der Waals surface area (Å²) in [5.74, 6) is 1.78. The highest BCUT2D eigenvalue weighted by Crippen LogP contribution is 2.55. The minimum absolute atomic E-state index is 0.0922. The maximum atomic E-state index is 10.6. The van der Waals surface area contributed by atoms with Crippen molar-refractivity contribution in [2.24, 2.45) is 5.73 Å². The van der Waals surface area contributed by atoms with Gasteiger partial charge in [0.25, 0.3) is 0 Å². The average molecular weight is 289 g/mol. The third kappa shape index (κ3) is 1.78. The zero-order valence-electron chi connectivity index (χ0n) is 12.7. The smallest absolute Gasteiger partial charge is 0.165 e. The van der Waals surface area contributed by atoms with Crippen LogP contribution in [0.15, 0.2) is 0 Å². The summed E-state index contributed by atoms with van der Waals surface area (Å²) in [7, 11) is 0. The lowest BCUT2D eigenvalue weighted by Crippen LogP contribution is -2.34. The van der Waals surface area contributed by atoms with Gasteiger partial charge in [0.15, 0.2) is 11.5 Å². The molecule has 1 aromatic carbocycles. The molecule has 2 heterocycles. The van der Waals surface area contributed by atoms with Gasteiger partial charge in [-0.15, -0.1) is 0 Å². The lowest BCUT2D eigenvalue weighted by Gasteiger charge is -2.29. The standard InChI is InChI=1S/C17H23NO3/c1-9-7-11-13(17(18)5-3-4-6-17)15-12(8-10(2)20-15)14(19)16(11)21-9/h9-10,19H,3-8,18H2,1-2H3. The van der Waals surface area contributed by atoms with E-state index in [9.17, 15) is 5.11 Å². The summed E-state index contributed by atoms with van der Waals surface area (Å²) < 4.78 is 11.9. The van der Waals surface area contributed by atoms with Crippen molar-refractivity contribution in [2.75, 3.05) is 0 Å². The molecule has 1 fully saturated rings. The lowest BCUT2D eigenvalue weighted by atomic mass is 9.82. The molecule has 1 aromatic rings. The first-order valence-electron chi connectivity index (χ1n) is 8.03. The van der Waals surface area contributed by atoms with E-state index in [1.165, 1.54) is 0 Å². The molecule has 2 atom stereocenters. The predicted molar refractivity (Wildman–Crippen MR) is 80.0 cm³/mol. The van der Waals surface area contributed by atoms with Crippen LogP contribution in [0, 0.1) is 0 Å². The number of phenolic OH excluding ortho intramolecular Hbond substituents is 1. The molecule has 4 nitrogen and oxygen atoms in total. The Labute approximate surface area is 125 Å². The van der Waals surface area contributed by atoms with Gasteiger partial charge in [0.2, 0.25) is 0 Å². The Morgan fingerprint density at radius 1 is 1.00 bits per heavy atom. The Bertz CT molecular complexity index is 566. The summed E-state index contributed by atoms with van der Waals surface area (Å²) in [6.07, 6.45) is 6.02. The van der Waals surface area contributed by atoms with Crippen LogP contribution in [-0.4, -0.2) is 17.3 Å². The maximum Gasteiger partial charge on any atom is 0.165 e. The monoisotopic (exact) mass is 289 g/mol. The Hall–Kier alpha value is -1.42. The molecule has 21 heavy (non-hydrogen) atoms. The van der Waals surface area contributed by atoms with Crippen molar-refractivity contribution in [1.29, 1.82) is 0 Å². The van der Waals surface area contributed by atoms with Crippen LogP contribution in [0.3, 0.4) is 0 Å². The normalized spacial score (nSPS) is 28.9. The van der Waals surface area contributed by atoms with Gasteiger partial charge in [0.05, 0.1) is 0 Å². The molecule has 4 rings (SSSR count). The summed E-state index contributed by atoms with van der Waals surface area (Å²) in [4.78, 5) is 0. The third-order valence-electron chi connectivity index (χ3n) is 5.19. The molecule has 0 radical (unpaired) electrons. The molecular weight excluding hydrogens is 266 g/mol. The summed E-state index contributed by atoms with van der Waals surface area (Å²) in [6.45, 7) is 4.07. The zero-order chi connectivity index (χ0) is 14.8. The van der Waals surface area contributed by atoms with Crippen molar-refractivity contribution in [3.8, 4) is 17.2 Å². The number of fused-ring (bicyclic) bond motifs is 2. The molecule has 2 aliphatic heterocycles. The van der Waals surface area contributed by atoms with Crippen LogP contribution >= 0.6 is 0 Å². The Balaban J connectivity index is 1.97. The van der Waals surface area contributed by atoms with Gasteiger partial charge in [-0.2, -0.15) is 0 Å². The van der Waals surface area contributed by atoms with Crippen LogP contribution in [0.1, 0.15) is 56.2 Å². The molecule has 3 aliphatic rings. The maximum absolute atomic E-state index is 10.6. The van der Waals surface area contributed by atoms with E-state index in [1.54, 1.807) is 0 Å². The SMILES string of the molecule is CC1Cc2c(c(O)c3c(c2C2(N)CCCC2)OC(C)C3)O1. The van der Waals surface area contributed by atoms with E-state index in [1.807, 2.05) is 13.8 Å².